The lowest BCUT2D eigenvalue weighted by molar-refractivity contribution is 0.245. The molecular formula is C21H20N2O2. The third-order valence-corrected chi connectivity index (χ3v) is 4.27. The maximum atomic E-state index is 5.70. The largest absolute Gasteiger partial charge is 0.465 e. The van der Waals surface area contributed by atoms with Gasteiger partial charge in [-0.05, 0) is 31.5 Å². The normalized spacial score (nSPS) is 11.1. The molecule has 0 amide bonds. The molecule has 0 aliphatic heterocycles. The van der Waals surface area contributed by atoms with Gasteiger partial charge in [0.2, 0.25) is 0 Å². The molecule has 0 unspecified atom stereocenters. The van der Waals surface area contributed by atoms with Gasteiger partial charge in [0.15, 0.2) is 0 Å². The van der Waals surface area contributed by atoms with Crippen molar-refractivity contribution in [2.45, 2.75) is 20.3 Å². The van der Waals surface area contributed by atoms with Crippen LogP contribution in [0.2, 0.25) is 0 Å². The van der Waals surface area contributed by atoms with E-state index in [-0.39, 0.29) is 0 Å². The quantitative estimate of drug-likeness (QED) is 0.525. The highest BCUT2D eigenvalue weighted by atomic mass is 16.6. The number of fused-ring (bicyclic) bond motifs is 1. The zero-order chi connectivity index (χ0) is 17.2. The minimum absolute atomic E-state index is 0.536. The number of rotatable bonds is 5. The summed E-state index contributed by atoms with van der Waals surface area (Å²) in [6.07, 6.45) is 4.49. The summed E-state index contributed by atoms with van der Waals surface area (Å²) < 4.78 is 13.1. The van der Waals surface area contributed by atoms with E-state index in [0.29, 0.717) is 12.6 Å². The van der Waals surface area contributed by atoms with Crippen LogP contribution in [0.15, 0.2) is 65.4 Å². The predicted molar refractivity (Wildman–Crippen MR) is 98.0 cm³/mol. The van der Waals surface area contributed by atoms with Gasteiger partial charge in [-0.3, -0.25) is 0 Å². The molecule has 3 heterocycles. The molecule has 4 aromatic rings. The van der Waals surface area contributed by atoms with Gasteiger partial charge in [-0.1, -0.05) is 35.9 Å². The maximum Gasteiger partial charge on any atom is 0.284 e. The van der Waals surface area contributed by atoms with E-state index in [2.05, 4.69) is 60.8 Å². The molecule has 4 heteroatoms. The van der Waals surface area contributed by atoms with Crippen LogP contribution < -0.4 is 4.74 Å². The number of hydrogen-bond acceptors (Lipinski definition) is 3. The van der Waals surface area contributed by atoms with Crippen LogP contribution in [-0.2, 0) is 6.42 Å². The highest BCUT2D eigenvalue weighted by molar-refractivity contribution is 5.67. The fourth-order valence-corrected chi connectivity index (χ4v) is 2.97. The van der Waals surface area contributed by atoms with Gasteiger partial charge in [-0.15, -0.1) is 0 Å². The van der Waals surface area contributed by atoms with E-state index < -0.39 is 0 Å². The highest BCUT2D eigenvalue weighted by Crippen LogP contribution is 2.26. The van der Waals surface area contributed by atoms with Crippen LogP contribution in [-0.4, -0.2) is 16.0 Å². The first kappa shape index (κ1) is 15.5. The topological polar surface area (TPSA) is 39.7 Å². The van der Waals surface area contributed by atoms with Crippen molar-refractivity contribution < 1.29 is 9.15 Å². The van der Waals surface area contributed by atoms with E-state index in [1.165, 1.54) is 11.1 Å². The lowest BCUT2D eigenvalue weighted by Crippen LogP contribution is -2.04. The molecule has 0 N–H and O–H groups in total. The average Bonchev–Trinajstić information content (AvgIpc) is 3.24. The van der Waals surface area contributed by atoms with Crippen LogP contribution >= 0.6 is 0 Å². The molecule has 0 bridgehead atoms. The molecule has 0 aliphatic carbocycles. The molecule has 0 spiro atoms. The minimum atomic E-state index is 0.536. The third kappa shape index (κ3) is 3.15. The number of benzene rings is 1. The second-order valence-corrected chi connectivity index (χ2v) is 6.24. The fourth-order valence-electron chi connectivity index (χ4n) is 2.97. The Morgan fingerprint density at radius 3 is 2.56 bits per heavy atom. The predicted octanol–water partition coefficient (Wildman–Crippen LogP) is 4.83. The summed E-state index contributed by atoms with van der Waals surface area (Å²) in [5.41, 5.74) is 6.68. The lowest BCUT2D eigenvalue weighted by atomic mass is 10.1. The first-order chi connectivity index (χ1) is 12.2. The first-order valence-electron chi connectivity index (χ1n) is 8.41. The number of nitrogens with zero attached hydrogens (tertiary/aromatic N) is 2. The van der Waals surface area contributed by atoms with Gasteiger partial charge in [-0.2, -0.15) is 0 Å². The summed E-state index contributed by atoms with van der Waals surface area (Å²) in [6, 6.07) is 16.3. The molecule has 4 rings (SSSR count). The Hall–Kier alpha value is -3.01. The summed E-state index contributed by atoms with van der Waals surface area (Å²) in [6.45, 7) is 4.72. The van der Waals surface area contributed by atoms with E-state index in [0.717, 1.165) is 29.0 Å². The van der Waals surface area contributed by atoms with E-state index in [1.54, 1.807) is 6.26 Å². The molecule has 0 fully saturated rings. The van der Waals surface area contributed by atoms with Crippen LogP contribution in [0.25, 0.3) is 16.9 Å². The summed E-state index contributed by atoms with van der Waals surface area (Å²) in [5.74, 6) is 0.543. The lowest BCUT2D eigenvalue weighted by Gasteiger charge is -2.07. The number of pyridine rings is 1. The number of hydrogen-bond donors (Lipinski definition) is 0. The Balaban J connectivity index is 1.71. The Morgan fingerprint density at radius 2 is 1.80 bits per heavy atom. The van der Waals surface area contributed by atoms with E-state index >= 15 is 0 Å². The number of aromatic nitrogens is 2. The molecule has 4 nitrogen and oxygen atoms in total. The molecule has 0 aliphatic rings. The summed E-state index contributed by atoms with van der Waals surface area (Å²) >= 11 is 0. The van der Waals surface area contributed by atoms with Crippen molar-refractivity contribution in [2.24, 2.45) is 0 Å². The Bertz CT molecular complexity index is 983. The van der Waals surface area contributed by atoms with E-state index in [4.69, 9.17) is 14.1 Å². The fraction of sp³-hybridized carbons (Fsp3) is 0.190. The molecule has 0 radical (unpaired) electrons. The molecule has 0 saturated heterocycles. The second-order valence-electron chi connectivity index (χ2n) is 6.24. The number of ether oxygens (including phenoxy) is 1. The standard InChI is InChI=1S/C21H20N2O2/c1-15-5-8-17(9-6-15)21-18(11-13-25-20-4-3-12-24-20)23-14-16(2)7-10-19(23)22-21/h3-10,12,14H,11,13H2,1-2H3. The van der Waals surface area contributed by atoms with Gasteiger partial charge in [0, 0.05) is 24.2 Å². The van der Waals surface area contributed by atoms with Crippen LogP contribution in [0.1, 0.15) is 16.8 Å². The molecular weight excluding hydrogens is 312 g/mol. The first-order valence-corrected chi connectivity index (χ1v) is 8.41. The summed E-state index contributed by atoms with van der Waals surface area (Å²) in [4.78, 5) is 4.85. The van der Waals surface area contributed by atoms with Crippen LogP contribution in [0.4, 0.5) is 0 Å². The van der Waals surface area contributed by atoms with Crippen molar-refractivity contribution in [3.63, 3.8) is 0 Å². The zero-order valence-electron chi connectivity index (χ0n) is 14.4. The number of aryl methyl sites for hydroxylation is 2. The van der Waals surface area contributed by atoms with E-state index in [9.17, 15) is 0 Å². The summed E-state index contributed by atoms with van der Waals surface area (Å²) in [7, 11) is 0. The molecule has 0 atom stereocenters. The number of imidazole rings is 1. The van der Waals surface area contributed by atoms with E-state index in [1.807, 2.05) is 12.1 Å². The van der Waals surface area contributed by atoms with Gasteiger partial charge in [0.1, 0.15) is 5.65 Å². The van der Waals surface area contributed by atoms with Crippen molar-refractivity contribution in [1.82, 2.24) is 9.38 Å². The van der Waals surface area contributed by atoms with Crippen LogP contribution in [0.5, 0.6) is 5.95 Å². The molecule has 1 aromatic carbocycles. The zero-order valence-corrected chi connectivity index (χ0v) is 14.4. The average molecular weight is 332 g/mol. The highest BCUT2D eigenvalue weighted by Gasteiger charge is 2.14. The molecule has 25 heavy (non-hydrogen) atoms. The van der Waals surface area contributed by atoms with Crippen molar-refractivity contribution in [3.8, 4) is 17.2 Å². The smallest absolute Gasteiger partial charge is 0.284 e. The maximum absolute atomic E-state index is 5.70. The van der Waals surface area contributed by atoms with Gasteiger partial charge in [0.05, 0.1) is 24.3 Å². The minimum Gasteiger partial charge on any atom is -0.465 e. The van der Waals surface area contributed by atoms with Crippen molar-refractivity contribution >= 4 is 5.65 Å². The van der Waals surface area contributed by atoms with Gasteiger partial charge in [0.25, 0.3) is 5.95 Å². The van der Waals surface area contributed by atoms with Crippen LogP contribution in [0, 0.1) is 13.8 Å². The Kier molecular flexibility index (Phi) is 4.02. The summed E-state index contributed by atoms with van der Waals surface area (Å²) in [5, 5.41) is 0. The van der Waals surface area contributed by atoms with Crippen LogP contribution in [0.3, 0.4) is 0 Å². The SMILES string of the molecule is Cc1ccc(-c2nc3ccc(C)cn3c2CCOc2ccco2)cc1. The van der Waals surface area contributed by atoms with Gasteiger partial charge < -0.3 is 13.6 Å². The Morgan fingerprint density at radius 1 is 1.00 bits per heavy atom. The number of furan rings is 1. The molecule has 3 aromatic heterocycles. The van der Waals surface area contributed by atoms with Crippen molar-refractivity contribution in [1.29, 1.82) is 0 Å². The van der Waals surface area contributed by atoms with Crippen molar-refractivity contribution in [3.05, 3.63) is 77.8 Å². The molecule has 0 saturated carbocycles. The second kappa shape index (κ2) is 6.48. The monoisotopic (exact) mass is 332 g/mol. The van der Waals surface area contributed by atoms with Gasteiger partial charge >= 0.3 is 0 Å². The molecule has 126 valence electrons. The van der Waals surface area contributed by atoms with Crippen molar-refractivity contribution in [2.75, 3.05) is 6.61 Å². The Labute approximate surface area is 146 Å². The van der Waals surface area contributed by atoms with Gasteiger partial charge in [-0.25, -0.2) is 4.98 Å². The third-order valence-electron chi connectivity index (χ3n) is 4.27.